The summed E-state index contributed by atoms with van der Waals surface area (Å²) in [5, 5.41) is 3.13. The first-order valence-electron chi connectivity index (χ1n) is 9.43. The van der Waals surface area contributed by atoms with Crippen LogP contribution >= 0.6 is 0 Å². The van der Waals surface area contributed by atoms with Crippen molar-refractivity contribution in [3.05, 3.63) is 35.9 Å². The normalized spacial score (nSPS) is 17.2. The molecule has 1 heterocycles. The molecule has 0 saturated carbocycles. The Bertz CT molecular complexity index is 569. The van der Waals surface area contributed by atoms with Crippen molar-refractivity contribution in [1.29, 1.82) is 0 Å². The molecule has 4 heteroatoms. The van der Waals surface area contributed by atoms with Gasteiger partial charge in [-0.3, -0.25) is 9.59 Å². The Balaban J connectivity index is 1.86. The van der Waals surface area contributed by atoms with Crippen LogP contribution in [-0.2, 0) is 9.59 Å². The summed E-state index contributed by atoms with van der Waals surface area (Å²) in [5.74, 6) is 0.273. The van der Waals surface area contributed by atoms with E-state index in [-0.39, 0.29) is 29.2 Å². The van der Waals surface area contributed by atoms with E-state index in [1.165, 1.54) is 0 Å². The molecule has 1 aliphatic rings. The number of hydrogen-bond donors (Lipinski definition) is 1. The molecule has 2 rings (SSSR count). The number of nitrogens with zero attached hydrogens (tertiary/aromatic N) is 1. The van der Waals surface area contributed by atoms with Crippen molar-refractivity contribution in [3.8, 4) is 0 Å². The SMILES string of the molecule is CC[C@@H](C(=O)N1CCC(NC(=O)CC(C)(C)C)CC1)c1ccccc1. The van der Waals surface area contributed by atoms with Crippen molar-refractivity contribution < 1.29 is 9.59 Å². The molecule has 0 radical (unpaired) electrons. The van der Waals surface area contributed by atoms with E-state index in [0.29, 0.717) is 6.42 Å². The third-order valence-electron chi connectivity index (χ3n) is 4.77. The van der Waals surface area contributed by atoms with E-state index in [9.17, 15) is 9.59 Å². The molecule has 1 saturated heterocycles. The van der Waals surface area contributed by atoms with E-state index in [1.807, 2.05) is 35.2 Å². The van der Waals surface area contributed by atoms with Crippen molar-refractivity contribution in [1.82, 2.24) is 10.2 Å². The van der Waals surface area contributed by atoms with Crippen LogP contribution in [0.1, 0.15) is 64.9 Å². The highest BCUT2D eigenvalue weighted by Gasteiger charge is 2.29. The lowest BCUT2D eigenvalue weighted by atomic mass is 9.91. The average molecular weight is 344 g/mol. The number of amides is 2. The van der Waals surface area contributed by atoms with Gasteiger partial charge in [-0.2, -0.15) is 0 Å². The third kappa shape index (κ3) is 5.87. The molecule has 1 aliphatic heterocycles. The van der Waals surface area contributed by atoms with Gasteiger partial charge in [0.05, 0.1) is 5.92 Å². The second-order valence-electron chi connectivity index (χ2n) is 8.28. The zero-order valence-corrected chi connectivity index (χ0v) is 16.0. The first kappa shape index (κ1) is 19.5. The maximum absolute atomic E-state index is 12.9. The Morgan fingerprint density at radius 2 is 1.76 bits per heavy atom. The molecule has 4 nitrogen and oxygen atoms in total. The van der Waals surface area contributed by atoms with Crippen molar-refractivity contribution in [2.45, 2.75) is 65.3 Å². The molecular weight excluding hydrogens is 312 g/mol. The fraction of sp³-hybridized carbons (Fsp3) is 0.619. The van der Waals surface area contributed by atoms with Gasteiger partial charge in [0.15, 0.2) is 0 Å². The van der Waals surface area contributed by atoms with E-state index in [1.54, 1.807) is 0 Å². The van der Waals surface area contributed by atoms with Crippen LogP contribution < -0.4 is 5.32 Å². The van der Waals surface area contributed by atoms with E-state index >= 15 is 0 Å². The van der Waals surface area contributed by atoms with Crippen molar-refractivity contribution >= 4 is 11.8 Å². The first-order valence-corrected chi connectivity index (χ1v) is 9.43. The number of rotatable bonds is 5. The molecule has 1 aromatic carbocycles. The molecule has 25 heavy (non-hydrogen) atoms. The summed E-state index contributed by atoms with van der Waals surface area (Å²) in [6.45, 7) is 9.73. The number of likely N-dealkylation sites (tertiary alicyclic amines) is 1. The van der Waals surface area contributed by atoms with Gasteiger partial charge in [0.1, 0.15) is 0 Å². The van der Waals surface area contributed by atoms with Gasteiger partial charge in [-0.25, -0.2) is 0 Å². The van der Waals surface area contributed by atoms with Crippen molar-refractivity contribution in [2.75, 3.05) is 13.1 Å². The standard InChI is InChI=1S/C21H32N2O2/c1-5-18(16-9-7-6-8-10-16)20(25)23-13-11-17(12-14-23)22-19(24)15-21(2,3)4/h6-10,17-18H,5,11-15H2,1-4H3,(H,22,24)/t18-/m1/s1. The molecule has 0 bridgehead atoms. The lowest BCUT2D eigenvalue weighted by Gasteiger charge is -2.35. The number of carbonyl (C=O) groups is 2. The van der Waals surface area contributed by atoms with Gasteiger partial charge in [-0.15, -0.1) is 0 Å². The van der Waals surface area contributed by atoms with Gasteiger partial charge in [-0.1, -0.05) is 58.0 Å². The Morgan fingerprint density at radius 3 is 2.28 bits per heavy atom. The summed E-state index contributed by atoms with van der Waals surface area (Å²) in [6.07, 6.45) is 3.03. The van der Waals surface area contributed by atoms with E-state index in [0.717, 1.165) is 37.9 Å². The van der Waals surface area contributed by atoms with Crippen LogP contribution in [0.3, 0.4) is 0 Å². The lowest BCUT2D eigenvalue weighted by molar-refractivity contribution is -0.134. The largest absolute Gasteiger partial charge is 0.353 e. The van der Waals surface area contributed by atoms with Gasteiger partial charge in [0, 0.05) is 25.6 Å². The predicted molar refractivity (Wildman–Crippen MR) is 101 cm³/mol. The van der Waals surface area contributed by atoms with Crippen LogP contribution in [-0.4, -0.2) is 35.8 Å². The molecule has 1 atom stereocenters. The summed E-state index contributed by atoms with van der Waals surface area (Å²) in [5.41, 5.74) is 1.10. The number of nitrogens with one attached hydrogen (secondary N) is 1. The zero-order valence-electron chi connectivity index (χ0n) is 16.0. The Morgan fingerprint density at radius 1 is 1.16 bits per heavy atom. The summed E-state index contributed by atoms with van der Waals surface area (Å²) in [6, 6.07) is 10.2. The maximum atomic E-state index is 12.9. The van der Waals surface area contributed by atoms with Crippen LogP contribution in [0.5, 0.6) is 0 Å². The van der Waals surface area contributed by atoms with Crippen LogP contribution in [0.2, 0.25) is 0 Å². The Labute approximate surface area is 152 Å². The van der Waals surface area contributed by atoms with E-state index < -0.39 is 0 Å². The fourth-order valence-corrected chi connectivity index (χ4v) is 3.46. The highest BCUT2D eigenvalue weighted by atomic mass is 16.2. The number of hydrogen-bond acceptors (Lipinski definition) is 2. The summed E-state index contributed by atoms with van der Waals surface area (Å²) >= 11 is 0. The van der Waals surface area contributed by atoms with E-state index in [4.69, 9.17) is 0 Å². The summed E-state index contributed by atoms with van der Waals surface area (Å²) in [4.78, 5) is 26.9. The van der Waals surface area contributed by atoms with Gasteiger partial charge in [0.25, 0.3) is 0 Å². The van der Waals surface area contributed by atoms with Crippen molar-refractivity contribution in [2.24, 2.45) is 5.41 Å². The molecule has 2 amide bonds. The molecule has 1 aromatic rings. The lowest BCUT2D eigenvalue weighted by Crippen LogP contribution is -2.48. The minimum absolute atomic E-state index is 0.00474. The van der Waals surface area contributed by atoms with Gasteiger partial charge < -0.3 is 10.2 Å². The fourth-order valence-electron chi connectivity index (χ4n) is 3.46. The predicted octanol–water partition coefficient (Wildman–Crippen LogP) is 3.72. The molecule has 0 spiro atoms. The van der Waals surface area contributed by atoms with Crippen LogP contribution in [0, 0.1) is 5.41 Å². The summed E-state index contributed by atoms with van der Waals surface area (Å²) < 4.78 is 0. The maximum Gasteiger partial charge on any atom is 0.230 e. The minimum atomic E-state index is -0.0618. The van der Waals surface area contributed by atoms with Crippen LogP contribution in [0.15, 0.2) is 30.3 Å². The second-order valence-corrected chi connectivity index (χ2v) is 8.28. The zero-order chi connectivity index (χ0) is 18.4. The molecule has 0 aromatic heterocycles. The van der Waals surface area contributed by atoms with E-state index in [2.05, 4.69) is 33.0 Å². The third-order valence-corrected chi connectivity index (χ3v) is 4.77. The summed E-state index contributed by atoms with van der Waals surface area (Å²) in [7, 11) is 0. The monoisotopic (exact) mass is 344 g/mol. The number of benzene rings is 1. The number of piperidine rings is 1. The van der Waals surface area contributed by atoms with Crippen LogP contribution in [0.4, 0.5) is 0 Å². The van der Waals surface area contributed by atoms with Gasteiger partial charge >= 0.3 is 0 Å². The topological polar surface area (TPSA) is 49.4 Å². The smallest absolute Gasteiger partial charge is 0.230 e. The molecular formula is C21H32N2O2. The van der Waals surface area contributed by atoms with Gasteiger partial charge in [-0.05, 0) is 30.2 Å². The molecule has 1 fully saturated rings. The second kappa shape index (κ2) is 8.50. The molecule has 0 unspecified atom stereocenters. The number of carbonyl (C=O) groups excluding carboxylic acids is 2. The first-order chi connectivity index (χ1) is 11.8. The average Bonchev–Trinajstić information content (AvgIpc) is 2.55. The highest BCUT2D eigenvalue weighted by molar-refractivity contribution is 5.84. The van der Waals surface area contributed by atoms with Gasteiger partial charge in [0.2, 0.25) is 11.8 Å². The van der Waals surface area contributed by atoms with Crippen LogP contribution in [0.25, 0.3) is 0 Å². The molecule has 1 N–H and O–H groups in total. The molecule has 0 aliphatic carbocycles. The molecule has 138 valence electrons. The highest BCUT2D eigenvalue weighted by Crippen LogP contribution is 2.24. The minimum Gasteiger partial charge on any atom is -0.353 e. The quantitative estimate of drug-likeness (QED) is 0.885. The Kier molecular flexibility index (Phi) is 6.63. The van der Waals surface area contributed by atoms with Crippen molar-refractivity contribution in [3.63, 3.8) is 0 Å². The Hall–Kier alpha value is -1.84.